The molecule has 1 aromatic heterocycles. The summed E-state index contributed by atoms with van der Waals surface area (Å²) in [6.07, 6.45) is 0. The fourth-order valence-electron chi connectivity index (χ4n) is 2.91. The predicted molar refractivity (Wildman–Crippen MR) is 91.2 cm³/mol. The predicted octanol–water partition coefficient (Wildman–Crippen LogP) is 5.00. The Hall–Kier alpha value is -2.87. The third-order valence-electron chi connectivity index (χ3n) is 3.94. The van der Waals surface area contributed by atoms with Gasteiger partial charge in [-0.15, -0.1) is 0 Å². The maximum Gasteiger partial charge on any atom is 0.111 e. The molecule has 2 heteroatoms. The summed E-state index contributed by atoms with van der Waals surface area (Å²) in [5, 5.41) is 0. The molecule has 4 rings (SSSR count). The van der Waals surface area contributed by atoms with Crippen molar-refractivity contribution < 1.29 is 0 Å². The van der Waals surface area contributed by atoms with Gasteiger partial charge >= 0.3 is 0 Å². The average molecular weight is 284 g/mol. The van der Waals surface area contributed by atoms with Crippen molar-refractivity contribution in [2.75, 3.05) is 0 Å². The molecule has 0 fully saturated rings. The highest BCUT2D eigenvalue weighted by atomic mass is 15.1. The van der Waals surface area contributed by atoms with Gasteiger partial charge in [0.2, 0.25) is 0 Å². The second kappa shape index (κ2) is 5.15. The van der Waals surface area contributed by atoms with Crippen molar-refractivity contribution in [3.8, 4) is 16.8 Å². The Balaban J connectivity index is 1.90. The summed E-state index contributed by atoms with van der Waals surface area (Å²) in [6, 6.07) is 27.3. The third kappa shape index (κ3) is 2.09. The van der Waals surface area contributed by atoms with Crippen molar-refractivity contribution >= 4 is 11.0 Å². The van der Waals surface area contributed by atoms with Crippen LogP contribution in [0.15, 0.2) is 78.9 Å². The van der Waals surface area contributed by atoms with E-state index in [4.69, 9.17) is 4.98 Å². The molecule has 4 aromatic rings. The molecular formula is C20H16N2. The molecule has 0 N–H and O–H groups in total. The lowest BCUT2D eigenvalue weighted by molar-refractivity contribution is 1.00. The first-order valence-electron chi connectivity index (χ1n) is 7.43. The average Bonchev–Trinajstić information content (AvgIpc) is 2.91. The van der Waals surface area contributed by atoms with Crippen molar-refractivity contribution in [1.82, 2.24) is 9.55 Å². The van der Waals surface area contributed by atoms with Gasteiger partial charge in [0, 0.05) is 5.69 Å². The smallest absolute Gasteiger partial charge is 0.111 e. The Labute approximate surface area is 129 Å². The van der Waals surface area contributed by atoms with Crippen molar-refractivity contribution in [3.05, 3.63) is 84.7 Å². The molecule has 0 spiro atoms. The Morgan fingerprint density at radius 1 is 0.727 bits per heavy atom. The van der Waals surface area contributed by atoms with Gasteiger partial charge in [-0.2, -0.15) is 0 Å². The quantitative estimate of drug-likeness (QED) is 0.506. The molecule has 0 amide bonds. The number of aryl methyl sites for hydroxylation is 1. The van der Waals surface area contributed by atoms with Crippen molar-refractivity contribution in [1.29, 1.82) is 0 Å². The minimum atomic E-state index is 1.01. The first-order chi connectivity index (χ1) is 10.8. The van der Waals surface area contributed by atoms with E-state index in [1.54, 1.807) is 0 Å². The van der Waals surface area contributed by atoms with E-state index in [0.29, 0.717) is 0 Å². The molecule has 1 heterocycles. The molecule has 0 saturated heterocycles. The number of rotatable bonds is 2. The topological polar surface area (TPSA) is 17.8 Å². The van der Waals surface area contributed by atoms with E-state index >= 15 is 0 Å². The maximum atomic E-state index is 4.74. The van der Waals surface area contributed by atoms with E-state index in [0.717, 1.165) is 22.5 Å². The largest absolute Gasteiger partial charge is 0.297 e. The lowest BCUT2D eigenvalue weighted by Crippen LogP contribution is -1.95. The van der Waals surface area contributed by atoms with Gasteiger partial charge in [0.15, 0.2) is 0 Å². The molecule has 106 valence electrons. The molecule has 2 nitrogen and oxygen atoms in total. The van der Waals surface area contributed by atoms with Gasteiger partial charge in [-0.05, 0) is 42.3 Å². The molecule has 3 aromatic carbocycles. The van der Waals surface area contributed by atoms with Crippen LogP contribution in [0.2, 0.25) is 0 Å². The van der Waals surface area contributed by atoms with Crippen LogP contribution in [0.5, 0.6) is 0 Å². The zero-order valence-corrected chi connectivity index (χ0v) is 12.4. The number of hydrogen-bond acceptors (Lipinski definition) is 1. The molecule has 0 radical (unpaired) electrons. The maximum absolute atomic E-state index is 4.74. The second-order valence-electron chi connectivity index (χ2n) is 5.40. The summed E-state index contributed by atoms with van der Waals surface area (Å²) in [7, 11) is 0. The summed E-state index contributed by atoms with van der Waals surface area (Å²) in [6.45, 7) is 2.05. The third-order valence-corrected chi connectivity index (χ3v) is 3.94. The Kier molecular flexibility index (Phi) is 3.01. The van der Waals surface area contributed by atoms with Crippen LogP contribution < -0.4 is 0 Å². The fraction of sp³-hybridized carbons (Fsp3) is 0.0500. The molecule has 0 aliphatic rings. The Bertz CT molecular complexity index is 922. The molecular weight excluding hydrogens is 268 g/mol. The summed E-state index contributed by atoms with van der Waals surface area (Å²) in [4.78, 5) is 4.74. The zero-order chi connectivity index (χ0) is 14.9. The first kappa shape index (κ1) is 12.8. The number of aromatic nitrogens is 2. The fourth-order valence-corrected chi connectivity index (χ4v) is 2.91. The van der Waals surface area contributed by atoms with Crippen LogP contribution in [0.1, 0.15) is 5.82 Å². The van der Waals surface area contributed by atoms with Crippen LogP contribution in [0.25, 0.3) is 27.8 Å². The minimum Gasteiger partial charge on any atom is -0.297 e. The molecule has 0 aliphatic heterocycles. The normalized spacial score (nSPS) is 11.0. The van der Waals surface area contributed by atoms with E-state index in [1.807, 2.05) is 12.1 Å². The van der Waals surface area contributed by atoms with Crippen LogP contribution in [-0.2, 0) is 0 Å². The summed E-state index contributed by atoms with van der Waals surface area (Å²) < 4.78 is 2.20. The van der Waals surface area contributed by atoms with Crippen LogP contribution in [-0.4, -0.2) is 9.55 Å². The van der Waals surface area contributed by atoms with E-state index in [1.165, 1.54) is 11.1 Å². The highest BCUT2D eigenvalue weighted by Crippen LogP contribution is 2.26. The number of benzene rings is 3. The standard InChI is InChI=1S/C20H16N2/c1-15-21-19-14-17(16-8-4-2-5-9-16)12-13-20(19)22(15)18-10-6-3-7-11-18/h2-14H,1H3. The lowest BCUT2D eigenvalue weighted by Gasteiger charge is -2.07. The summed E-state index contributed by atoms with van der Waals surface area (Å²) in [5.41, 5.74) is 5.74. The van der Waals surface area contributed by atoms with Crippen molar-refractivity contribution in [3.63, 3.8) is 0 Å². The van der Waals surface area contributed by atoms with Gasteiger partial charge in [0.25, 0.3) is 0 Å². The highest BCUT2D eigenvalue weighted by molar-refractivity contribution is 5.84. The monoisotopic (exact) mass is 284 g/mol. The van der Waals surface area contributed by atoms with Gasteiger partial charge in [-0.1, -0.05) is 54.6 Å². The van der Waals surface area contributed by atoms with Crippen LogP contribution >= 0.6 is 0 Å². The van der Waals surface area contributed by atoms with Crippen molar-refractivity contribution in [2.24, 2.45) is 0 Å². The number of imidazole rings is 1. The van der Waals surface area contributed by atoms with Crippen LogP contribution in [0.4, 0.5) is 0 Å². The van der Waals surface area contributed by atoms with Gasteiger partial charge in [0.1, 0.15) is 5.82 Å². The van der Waals surface area contributed by atoms with E-state index < -0.39 is 0 Å². The van der Waals surface area contributed by atoms with E-state index in [-0.39, 0.29) is 0 Å². The van der Waals surface area contributed by atoms with Gasteiger partial charge in [-0.3, -0.25) is 4.57 Å². The van der Waals surface area contributed by atoms with E-state index in [9.17, 15) is 0 Å². The Morgan fingerprint density at radius 3 is 2.14 bits per heavy atom. The van der Waals surface area contributed by atoms with E-state index in [2.05, 4.69) is 78.2 Å². The van der Waals surface area contributed by atoms with Gasteiger partial charge in [0.05, 0.1) is 11.0 Å². The number of fused-ring (bicyclic) bond motifs is 1. The zero-order valence-electron chi connectivity index (χ0n) is 12.4. The molecule has 0 atom stereocenters. The molecule has 0 aliphatic carbocycles. The lowest BCUT2D eigenvalue weighted by atomic mass is 10.1. The Morgan fingerprint density at radius 2 is 1.41 bits per heavy atom. The van der Waals surface area contributed by atoms with Crippen LogP contribution in [0.3, 0.4) is 0 Å². The van der Waals surface area contributed by atoms with Crippen molar-refractivity contribution in [2.45, 2.75) is 6.92 Å². The molecule has 0 unspecified atom stereocenters. The van der Waals surface area contributed by atoms with Gasteiger partial charge < -0.3 is 0 Å². The van der Waals surface area contributed by atoms with Gasteiger partial charge in [-0.25, -0.2) is 4.98 Å². The molecule has 0 bridgehead atoms. The second-order valence-corrected chi connectivity index (χ2v) is 5.40. The summed E-state index contributed by atoms with van der Waals surface area (Å²) >= 11 is 0. The number of hydrogen-bond donors (Lipinski definition) is 0. The SMILES string of the molecule is Cc1nc2cc(-c3ccccc3)ccc2n1-c1ccccc1. The first-order valence-corrected chi connectivity index (χ1v) is 7.43. The summed E-state index contributed by atoms with van der Waals surface area (Å²) in [5.74, 6) is 1.01. The number of nitrogens with zero attached hydrogens (tertiary/aromatic N) is 2. The molecule has 0 saturated carbocycles. The molecule has 22 heavy (non-hydrogen) atoms. The number of para-hydroxylation sites is 1. The van der Waals surface area contributed by atoms with Crippen LogP contribution in [0, 0.1) is 6.92 Å². The highest BCUT2D eigenvalue weighted by Gasteiger charge is 2.10. The minimum absolute atomic E-state index is 1.01.